The number of rotatable bonds is 9. The highest BCUT2D eigenvalue weighted by Crippen LogP contribution is 2.28. The number of primary amides is 1. The smallest absolute Gasteiger partial charge is 0.227 e. The van der Waals surface area contributed by atoms with E-state index in [9.17, 15) is 4.79 Å². The molecule has 0 unspecified atom stereocenters. The van der Waals surface area contributed by atoms with Crippen LogP contribution in [0.4, 0.5) is 17.5 Å². The molecule has 2 aromatic heterocycles. The van der Waals surface area contributed by atoms with Gasteiger partial charge in [-0.05, 0) is 55.8 Å². The van der Waals surface area contributed by atoms with Crippen LogP contribution in [0.1, 0.15) is 18.4 Å². The highest BCUT2D eigenvalue weighted by molar-refractivity contribution is 5.93. The van der Waals surface area contributed by atoms with E-state index in [1.165, 1.54) is 25.9 Å². The highest BCUT2D eigenvalue weighted by Gasteiger charge is 2.11. The van der Waals surface area contributed by atoms with Gasteiger partial charge in [-0.25, -0.2) is 15.0 Å². The standard InChI is InChI=1S/C27H29N7O/c28-24(35)16-19-6-9-22(10-7-19)32-27-31-18-21-4-3-5-23(26(21)33-27)20-8-11-25(30-17-20)29-12-15-34-13-1-2-14-34/h3-11,17-18H,1-2,12-16H2,(H2,28,35)(H,29,30)(H,31,32,33). The van der Waals surface area contributed by atoms with Crippen molar-refractivity contribution in [1.82, 2.24) is 19.9 Å². The number of fused-ring (bicyclic) bond motifs is 1. The zero-order valence-corrected chi connectivity index (χ0v) is 19.6. The van der Waals surface area contributed by atoms with Crippen molar-refractivity contribution in [1.29, 1.82) is 0 Å². The summed E-state index contributed by atoms with van der Waals surface area (Å²) in [7, 11) is 0. The molecule has 5 rings (SSSR count). The fraction of sp³-hybridized carbons (Fsp3) is 0.259. The summed E-state index contributed by atoms with van der Waals surface area (Å²) in [5.74, 6) is 1.03. The second kappa shape index (κ2) is 10.5. The van der Waals surface area contributed by atoms with Crippen LogP contribution in [0.3, 0.4) is 0 Å². The Morgan fingerprint density at radius 1 is 0.971 bits per heavy atom. The molecule has 0 saturated carbocycles. The molecule has 1 fully saturated rings. The van der Waals surface area contributed by atoms with Gasteiger partial charge in [-0.15, -0.1) is 0 Å². The first-order valence-corrected chi connectivity index (χ1v) is 12.0. The molecule has 0 spiro atoms. The number of carbonyl (C=O) groups excluding carboxylic acids is 1. The molecule has 8 heteroatoms. The lowest BCUT2D eigenvalue weighted by Gasteiger charge is -2.15. The molecule has 3 heterocycles. The lowest BCUT2D eigenvalue weighted by Crippen LogP contribution is -2.26. The molecule has 0 bridgehead atoms. The minimum absolute atomic E-state index is 0.219. The third kappa shape index (κ3) is 5.73. The lowest BCUT2D eigenvalue weighted by atomic mass is 10.0. The molecule has 0 radical (unpaired) electrons. The van der Waals surface area contributed by atoms with Crippen LogP contribution in [-0.4, -0.2) is 51.9 Å². The Kier molecular flexibility index (Phi) is 6.81. The van der Waals surface area contributed by atoms with E-state index in [2.05, 4.69) is 37.6 Å². The molecule has 178 valence electrons. The zero-order chi connectivity index (χ0) is 24.0. The molecule has 1 aliphatic heterocycles. The van der Waals surface area contributed by atoms with Crippen molar-refractivity contribution >= 4 is 34.3 Å². The molecule has 8 nitrogen and oxygen atoms in total. The van der Waals surface area contributed by atoms with Crippen molar-refractivity contribution in [2.24, 2.45) is 5.73 Å². The number of pyridine rings is 1. The normalized spacial score (nSPS) is 13.7. The molecule has 1 amide bonds. The van der Waals surface area contributed by atoms with Gasteiger partial charge in [-0.1, -0.05) is 30.3 Å². The Morgan fingerprint density at radius 3 is 2.54 bits per heavy atom. The quantitative estimate of drug-likeness (QED) is 0.342. The summed E-state index contributed by atoms with van der Waals surface area (Å²) in [5.41, 5.74) is 9.83. The van der Waals surface area contributed by atoms with E-state index >= 15 is 0 Å². The number of nitrogens with zero attached hydrogens (tertiary/aromatic N) is 4. The first kappa shape index (κ1) is 22.7. The maximum Gasteiger partial charge on any atom is 0.227 e. The fourth-order valence-corrected chi connectivity index (χ4v) is 4.39. The summed E-state index contributed by atoms with van der Waals surface area (Å²) < 4.78 is 0. The largest absolute Gasteiger partial charge is 0.369 e. The number of hydrogen-bond donors (Lipinski definition) is 3. The van der Waals surface area contributed by atoms with E-state index in [0.29, 0.717) is 5.95 Å². The van der Waals surface area contributed by atoms with Crippen molar-refractivity contribution in [2.75, 3.05) is 36.8 Å². The number of hydrogen-bond acceptors (Lipinski definition) is 7. The number of benzene rings is 2. The summed E-state index contributed by atoms with van der Waals surface area (Å²) >= 11 is 0. The third-order valence-corrected chi connectivity index (χ3v) is 6.21. The first-order valence-electron chi connectivity index (χ1n) is 12.0. The molecular weight excluding hydrogens is 438 g/mol. The van der Waals surface area contributed by atoms with Gasteiger partial charge in [0.05, 0.1) is 11.9 Å². The Morgan fingerprint density at radius 2 is 1.80 bits per heavy atom. The molecule has 4 aromatic rings. The summed E-state index contributed by atoms with van der Waals surface area (Å²) in [5, 5.41) is 7.62. The molecule has 0 aliphatic carbocycles. The number of anilines is 3. The van der Waals surface area contributed by atoms with Gasteiger partial charge in [0.25, 0.3) is 0 Å². The van der Waals surface area contributed by atoms with Gasteiger partial charge in [0, 0.05) is 47.7 Å². The molecule has 1 aliphatic rings. The van der Waals surface area contributed by atoms with Gasteiger partial charge in [-0.2, -0.15) is 0 Å². The van der Waals surface area contributed by atoms with E-state index in [1.54, 1.807) is 0 Å². The monoisotopic (exact) mass is 467 g/mol. The van der Waals surface area contributed by atoms with E-state index in [0.717, 1.165) is 52.2 Å². The number of likely N-dealkylation sites (tertiary alicyclic amines) is 1. The van der Waals surface area contributed by atoms with Crippen molar-refractivity contribution in [2.45, 2.75) is 19.3 Å². The molecule has 0 atom stereocenters. The van der Waals surface area contributed by atoms with Crippen molar-refractivity contribution < 1.29 is 4.79 Å². The average Bonchev–Trinajstić information content (AvgIpc) is 3.39. The van der Waals surface area contributed by atoms with Crippen LogP contribution in [0.5, 0.6) is 0 Å². The Hall–Kier alpha value is -4.04. The fourth-order valence-electron chi connectivity index (χ4n) is 4.39. The predicted molar refractivity (Wildman–Crippen MR) is 140 cm³/mol. The summed E-state index contributed by atoms with van der Waals surface area (Å²) in [6.07, 6.45) is 6.54. The van der Waals surface area contributed by atoms with Crippen LogP contribution in [0.25, 0.3) is 22.0 Å². The number of nitrogens with one attached hydrogen (secondary N) is 2. The average molecular weight is 468 g/mol. The second-order valence-electron chi connectivity index (χ2n) is 8.81. The third-order valence-electron chi connectivity index (χ3n) is 6.21. The maximum absolute atomic E-state index is 11.1. The van der Waals surface area contributed by atoms with E-state index in [4.69, 9.17) is 10.7 Å². The van der Waals surface area contributed by atoms with Crippen molar-refractivity contribution in [3.8, 4) is 11.1 Å². The van der Waals surface area contributed by atoms with Gasteiger partial charge in [0.15, 0.2) is 0 Å². The molecule has 4 N–H and O–H groups in total. The predicted octanol–water partition coefficient (Wildman–Crippen LogP) is 3.97. The minimum Gasteiger partial charge on any atom is -0.369 e. The van der Waals surface area contributed by atoms with Crippen LogP contribution >= 0.6 is 0 Å². The van der Waals surface area contributed by atoms with Gasteiger partial charge in [0.1, 0.15) is 5.82 Å². The molecule has 2 aromatic carbocycles. The minimum atomic E-state index is -0.350. The highest BCUT2D eigenvalue weighted by atomic mass is 16.1. The topological polar surface area (TPSA) is 109 Å². The van der Waals surface area contributed by atoms with Crippen LogP contribution < -0.4 is 16.4 Å². The first-order chi connectivity index (χ1) is 17.1. The molecule has 35 heavy (non-hydrogen) atoms. The van der Waals surface area contributed by atoms with Gasteiger partial charge >= 0.3 is 0 Å². The van der Waals surface area contributed by atoms with E-state index in [1.807, 2.05) is 54.9 Å². The van der Waals surface area contributed by atoms with Crippen LogP contribution in [-0.2, 0) is 11.2 Å². The SMILES string of the molecule is NC(=O)Cc1ccc(Nc2ncc3cccc(-c4ccc(NCCN5CCCC5)nc4)c3n2)cc1. The van der Waals surface area contributed by atoms with E-state index < -0.39 is 0 Å². The van der Waals surface area contributed by atoms with Crippen LogP contribution in [0, 0.1) is 0 Å². The summed E-state index contributed by atoms with van der Waals surface area (Å²) in [4.78, 5) is 27.5. The number of amides is 1. The van der Waals surface area contributed by atoms with Gasteiger partial charge in [-0.3, -0.25) is 4.79 Å². The number of aromatic nitrogens is 3. The zero-order valence-electron chi connectivity index (χ0n) is 19.6. The van der Waals surface area contributed by atoms with E-state index in [-0.39, 0.29) is 12.3 Å². The summed E-state index contributed by atoms with van der Waals surface area (Å²) in [6.45, 7) is 4.35. The lowest BCUT2D eigenvalue weighted by molar-refractivity contribution is -0.117. The Bertz CT molecular complexity index is 1300. The number of carbonyl (C=O) groups is 1. The maximum atomic E-state index is 11.1. The van der Waals surface area contributed by atoms with Crippen LogP contribution in [0.15, 0.2) is 67.0 Å². The van der Waals surface area contributed by atoms with Gasteiger partial charge in [0.2, 0.25) is 11.9 Å². The Labute approximate surface area is 204 Å². The van der Waals surface area contributed by atoms with Gasteiger partial charge < -0.3 is 21.3 Å². The molecular formula is C27H29N7O. The van der Waals surface area contributed by atoms with Crippen molar-refractivity contribution in [3.63, 3.8) is 0 Å². The second-order valence-corrected chi connectivity index (χ2v) is 8.81. The van der Waals surface area contributed by atoms with Crippen LogP contribution in [0.2, 0.25) is 0 Å². The number of para-hydroxylation sites is 1. The molecule has 1 saturated heterocycles. The Balaban J connectivity index is 1.31. The van der Waals surface area contributed by atoms with Crippen molar-refractivity contribution in [3.05, 3.63) is 72.6 Å². The summed E-state index contributed by atoms with van der Waals surface area (Å²) in [6, 6.07) is 17.7. The number of nitrogens with two attached hydrogens (primary N) is 1.